The number of benzene rings is 1. The molecule has 0 bridgehead atoms. The third-order valence-electron chi connectivity index (χ3n) is 6.53. The van der Waals surface area contributed by atoms with Crippen molar-refractivity contribution in [3.63, 3.8) is 0 Å². The molecule has 2 fully saturated rings. The zero-order valence-corrected chi connectivity index (χ0v) is 20.9. The lowest BCUT2D eigenvalue weighted by Crippen LogP contribution is -2.24. The van der Waals surface area contributed by atoms with E-state index >= 15 is 0 Å². The number of hydrogen-bond donors (Lipinski definition) is 1. The van der Waals surface area contributed by atoms with Crippen molar-refractivity contribution in [1.29, 1.82) is 0 Å². The Morgan fingerprint density at radius 2 is 1.78 bits per heavy atom. The zero-order valence-electron chi connectivity index (χ0n) is 20.1. The van der Waals surface area contributed by atoms with E-state index in [1.165, 1.54) is 24.5 Å². The summed E-state index contributed by atoms with van der Waals surface area (Å²) in [7, 11) is -3.37. The predicted molar refractivity (Wildman–Crippen MR) is 129 cm³/mol. The van der Waals surface area contributed by atoms with Crippen LogP contribution in [0.2, 0.25) is 0 Å². The van der Waals surface area contributed by atoms with E-state index in [0.29, 0.717) is 38.2 Å². The first-order valence-corrected chi connectivity index (χ1v) is 13.8. The first-order valence-electron chi connectivity index (χ1n) is 12.2. The minimum absolute atomic E-state index is 0.0483. The number of halogens is 2. The maximum absolute atomic E-state index is 13.8. The highest BCUT2D eigenvalue weighted by Gasteiger charge is 2.38. The monoisotopic (exact) mass is 523 g/mol. The van der Waals surface area contributed by atoms with Gasteiger partial charge in [0, 0.05) is 6.61 Å². The molecule has 0 saturated heterocycles. The van der Waals surface area contributed by atoms with Gasteiger partial charge in [-0.1, -0.05) is 12.1 Å². The molecular weight excluding hydrogens is 492 g/mol. The van der Waals surface area contributed by atoms with Gasteiger partial charge in [-0.25, -0.2) is 27.2 Å². The van der Waals surface area contributed by atoms with Crippen molar-refractivity contribution in [2.24, 2.45) is 5.92 Å². The molecule has 1 amide bonds. The van der Waals surface area contributed by atoms with Gasteiger partial charge in [-0.15, -0.1) is 0 Å². The van der Waals surface area contributed by atoms with Crippen LogP contribution < -0.4 is 10.1 Å². The van der Waals surface area contributed by atoms with Gasteiger partial charge in [-0.3, -0.25) is 4.79 Å². The van der Waals surface area contributed by atoms with E-state index in [-0.39, 0.29) is 47.0 Å². The number of amides is 1. The first-order chi connectivity index (χ1) is 17.3. The molecule has 36 heavy (non-hydrogen) atoms. The fourth-order valence-corrected chi connectivity index (χ4v) is 6.08. The Hall–Kier alpha value is -2.66. The molecule has 2 aromatic rings. The van der Waals surface area contributed by atoms with Gasteiger partial charge >= 0.3 is 0 Å². The number of nitrogens with zero attached hydrogens (tertiary/aromatic N) is 2. The number of carbonyl (C=O) groups is 1. The second-order valence-electron chi connectivity index (χ2n) is 9.25. The van der Waals surface area contributed by atoms with Crippen LogP contribution in [0.4, 0.5) is 14.6 Å². The summed E-state index contributed by atoms with van der Waals surface area (Å²) >= 11 is 0. The molecule has 2 saturated carbocycles. The van der Waals surface area contributed by atoms with Crippen LogP contribution in [0.15, 0.2) is 41.6 Å². The van der Waals surface area contributed by atoms with E-state index in [1.54, 1.807) is 12.1 Å². The maximum Gasteiger partial charge on any atom is 0.233 e. The number of hydrogen-bond acceptors (Lipinski definition) is 7. The molecule has 196 valence electrons. The second-order valence-corrected chi connectivity index (χ2v) is 11.5. The number of carbonyl (C=O) groups excluding carboxylic acids is 1. The Morgan fingerprint density at radius 1 is 1.08 bits per heavy atom. The number of aromatic nitrogens is 2. The van der Waals surface area contributed by atoms with Crippen molar-refractivity contribution in [3.8, 4) is 5.88 Å². The van der Waals surface area contributed by atoms with Crippen LogP contribution >= 0.6 is 0 Å². The summed E-state index contributed by atoms with van der Waals surface area (Å²) in [5, 5.41) is 2.38. The predicted octanol–water partition coefficient (Wildman–Crippen LogP) is 4.03. The van der Waals surface area contributed by atoms with Crippen LogP contribution in [0.5, 0.6) is 5.88 Å². The number of sulfone groups is 1. The Kier molecular flexibility index (Phi) is 8.50. The fourth-order valence-electron chi connectivity index (χ4n) is 4.43. The lowest BCUT2D eigenvalue weighted by atomic mass is 9.87. The van der Waals surface area contributed by atoms with E-state index in [4.69, 9.17) is 9.47 Å². The SMILES string of the molecule is CCOCCOc1cnc(NC(=O)[C@H](CC2C[C@@H](F)[C@@H](F)C2)c2ccc(S(=O)(=O)C3CC3)cc2)cn1. The Balaban J connectivity index is 1.47. The van der Waals surface area contributed by atoms with Gasteiger partial charge in [0.05, 0.1) is 35.1 Å². The van der Waals surface area contributed by atoms with Gasteiger partial charge in [0.25, 0.3) is 0 Å². The topological polar surface area (TPSA) is 107 Å². The second kappa shape index (κ2) is 11.6. The third kappa shape index (κ3) is 6.56. The molecule has 2 aliphatic rings. The molecule has 0 radical (unpaired) electrons. The number of rotatable bonds is 12. The van der Waals surface area contributed by atoms with Gasteiger partial charge in [-0.05, 0) is 62.6 Å². The molecule has 1 N–H and O–H groups in total. The molecule has 11 heteroatoms. The first kappa shape index (κ1) is 26.4. The van der Waals surface area contributed by atoms with Crippen molar-refractivity contribution in [2.75, 3.05) is 25.1 Å². The van der Waals surface area contributed by atoms with Crippen LogP contribution in [0.25, 0.3) is 0 Å². The lowest BCUT2D eigenvalue weighted by molar-refractivity contribution is -0.118. The number of alkyl halides is 2. The summed E-state index contributed by atoms with van der Waals surface area (Å²) in [6.07, 6.45) is 1.31. The van der Waals surface area contributed by atoms with Gasteiger partial charge in [0.1, 0.15) is 19.0 Å². The summed E-state index contributed by atoms with van der Waals surface area (Å²) < 4.78 is 63.3. The molecule has 0 aliphatic heterocycles. The average molecular weight is 524 g/mol. The van der Waals surface area contributed by atoms with Crippen LogP contribution in [0, 0.1) is 5.92 Å². The Bertz CT molecular complexity index is 1120. The summed E-state index contributed by atoms with van der Waals surface area (Å²) in [4.78, 5) is 21.8. The van der Waals surface area contributed by atoms with Gasteiger partial charge in [-0.2, -0.15) is 0 Å². The summed E-state index contributed by atoms with van der Waals surface area (Å²) in [5.74, 6) is -0.981. The van der Waals surface area contributed by atoms with Gasteiger partial charge in [0.15, 0.2) is 15.7 Å². The molecule has 1 aromatic heterocycles. The summed E-state index contributed by atoms with van der Waals surface area (Å²) in [5.41, 5.74) is 0.573. The number of nitrogens with one attached hydrogen (secondary N) is 1. The van der Waals surface area contributed by atoms with E-state index in [9.17, 15) is 22.0 Å². The standard InChI is InChI=1S/C25H31F2N3O5S/c1-2-34-9-10-35-24-15-28-23(14-29-24)30-25(31)20(11-16-12-21(26)22(27)13-16)17-3-5-18(6-4-17)36(32,33)19-7-8-19/h3-6,14-16,19-22H,2,7-13H2,1H3,(H,28,30,31)/t16?,20-,21-,22+/m1/s1. The molecule has 1 aromatic carbocycles. The van der Waals surface area contributed by atoms with E-state index in [2.05, 4.69) is 15.3 Å². The van der Waals surface area contributed by atoms with Gasteiger partial charge < -0.3 is 14.8 Å². The molecule has 0 spiro atoms. The minimum Gasteiger partial charge on any atom is -0.474 e. The van der Waals surface area contributed by atoms with Crippen molar-refractivity contribution in [1.82, 2.24) is 9.97 Å². The molecule has 1 unspecified atom stereocenters. The molecular formula is C25H31F2N3O5S. The molecule has 1 heterocycles. The largest absolute Gasteiger partial charge is 0.474 e. The molecule has 4 atom stereocenters. The zero-order chi connectivity index (χ0) is 25.7. The van der Waals surface area contributed by atoms with Gasteiger partial charge in [0.2, 0.25) is 11.8 Å². The Labute approximate surface area is 209 Å². The number of anilines is 1. The highest BCUT2D eigenvalue weighted by atomic mass is 32.2. The summed E-state index contributed by atoms with van der Waals surface area (Å²) in [6.45, 7) is 3.20. The number of ether oxygens (including phenoxy) is 2. The third-order valence-corrected chi connectivity index (χ3v) is 8.81. The lowest BCUT2D eigenvalue weighted by Gasteiger charge is -2.20. The van der Waals surface area contributed by atoms with Crippen LogP contribution in [0.1, 0.15) is 50.5 Å². The smallest absolute Gasteiger partial charge is 0.233 e. The molecule has 8 nitrogen and oxygen atoms in total. The highest BCUT2D eigenvalue weighted by Crippen LogP contribution is 2.39. The van der Waals surface area contributed by atoms with Crippen molar-refractivity contribution in [2.45, 2.75) is 67.4 Å². The quantitative estimate of drug-likeness (QED) is 0.419. The van der Waals surface area contributed by atoms with E-state index < -0.39 is 34.0 Å². The van der Waals surface area contributed by atoms with Crippen molar-refractivity contribution >= 4 is 21.6 Å². The molecule has 2 aliphatic carbocycles. The average Bonchev–Trinajstić information content (AvgIpc) is 3.68. The van der Waals surface area contributed by atoms with E-state index in [1.807, 2.05) is 6.92 Å². The Morgan fingerprint density at radius 3 is 2.36 bits per heavy atom. The van der Waals surface area contributed by atoms with Crippen LogP contribution in [-0.4, -0.2) is 61.7 Å². The van der Waals surface area contributed by atoms with Crippen LogP contribution in [-0.2, 0) is 19.4 Å². The maximum atomic E-state index is 13.8. The normalized spacial score (nSPS) is 22.8. The fraction of sp³-hybridized carbons (Fsp3) is 0.560. The van der Waals surface area contributed by atoms with E-state index in [0.717, 1.165) is 0 Å². The highest BCUT2D eigenvalue weighted by molar-refractivity contribution is 7.92. The van der Waals surface area contributed by atoms with Crippen molar-refractivity contribution in [3.05, 3.63) is 42.2 Å². The van der Waals surface area contributed by atoms with Crippen molar-refractivity contribution < 1.29 is 31.5 Å². The molecule has 4 rings (SSSR count). The minimum atomic E-state index is -3.37. The summed E-state index contributed by atoms with van der Waals surface area (Å²) in [6, 6.07) is 6.22. The van der Waals surface area contributed by atoms with Crippen LogP contribution in [0.3, 0.4) is 0 Å².